The minimum atomic E-state index is -0.885. The molecule has 0 radical (unpaired) electrons. The number of hydrogen-bond acceptors (Lipinski definition) is 6. The summed E-state index contributed by atoms with van der Waals surface area (Å²) in [7, 11) is 0. The van der Waals surface area contributed by atoms with Gasteiger partial charge >= 0.3 is 5.69 Å². The van der Waals surface area contributed by atoms with Gasteiger partial charge in [0.05, 0.1) is 18.9 Å². The topological polar surface area (TPSA) is 114 Å². The van der Waals surface area contributed by atoms with Crippen molar-refractivity contribution >= 4 is 0 Å². The lowest BCUT2D eigenvalue weighted by atomic mass is 10.1. The van der Waals surface area contributed by atoms with Gasteiger partial charge in [-0.05, 0) is 12.0 Å². The van der Waals surface area contributed by atoms with Crippen molar-refractivity contribution in [3.63, 3.8) is 0 Å². The maximum atomic E-state index is 12.0. The maximum Gasteiger partial charge on any atom is 0.330 e. The van der Waals surface area contributed by atoms with Crippen molar-refractivity contribution in [1.82, 2.24) is 9.55 Å². The minimum absolute atomic E-state index is 0.0236. The molecule has 1 saturated heterocycles. The first-order chi connectivity index (χ1) is 13.1. The summed E-state index contributed by atoms with van der Waals surface area (Å²) in [5, 5.41) is 19.0. The smallest absolute Gasteiger partial charge is 0.330 e. The first-order valence-electron chi connectivity index (χ1n) is 8.70. The highest BCUT2D eigenvalue weighted by Crippen LogP contribution is 2.27. The van der Waals surface area contributed by atoms with Crippen molar-refractivity contribution in [2.24, 2.45) is 0 Å². The molecule has 2 aromatic rings. The van der Waals surface area contributed by atoms with E-state index in [-0.39, 0.29) is 25.4 Å². The van der Waals surface area contributed by atoms with Crippen LogP contribution in [0.5, 0.6) is 5.75 Å². The fraction of sp³-hybridized carbons (Fsp3) is 0.368. The standard InChI is InChI=1S/C19H22N2O6/c22-12-16-14(23)10-17(27-16)21-11-15(18(24)20-19(21)25)26-9-5-4-8-13-6-2-1-3-7-13/h1-7,11,14,16-17,22-23H,8-10,12H2,(H,20,24,25). The van der Waals surface area contributed by atoms with Crippen LogP contribution in [0.4, 0.5) is 0 Å². The van der Waals surface area contributed by atoms with E-state index in [2.05, 4.69) is 4.98 Å². The summed E-state index contributed by atoms with van der Waals surface area (Å²) in [5.74, 6) is -0.0236. The zero-order valence-corrected chi connectivity index (χ0v) is 14.7. The van der Waals surface area contributed by atoms with Gasteiger partial charge in [0, 0.05) is 6.42 Å². The van der Waals surface area contributed by atoms with Gasteiger partial charge in [-0.15, -0.1) is 0 Å². The normalized spacial score (nSPS) is 22.4. The van der Waals surface area contributed by atoms with Crippen LogP contribution in [0.15, 0.2) is 58.3 Å². The van der Waals surface area contributed by atoms with Gasteiger partial charge in [0.1, 0.15) is 18.9 Å². The minimum Gasteiger partial charge on any atom is -0.482 e. The molecule has 1 aliphatic heterocycles. The average molecular weight is 374 g/mol. The molecule has 1 aromatic heterocycles. The van der Waals surface area contributed by atoms with Gasteiger partial charge in [-0.25, -0.2) is 4.79 Å². The number of nitrogens with zero attached hydrogens (tertiary/aromatic N) is 1. The molecule has 0 bridgehead atoms. The van der Waals surface area contributed by atoms with Crippen LogP contribution in [-0.4, -0.2) is 45.2 Å². The monoisotopic (exact) mass is 374 g/mol. The van der Waals surface area contributed by atoms with Crippen LogP contribution in [0.1, 0.15) is 18.2 Å². The Morgan fingerprint density at radius 1 is 1.26 bits per heavy atom. The largest absolute Gasteiger partial charge is 0.482 e. The molecular weight excluding hydrogens is 352 g/mol. The Hall–Kier alpha value is -2.68. The lowest BCUT2D eigenvalue weighted by Gasteiger charge is -2.15. The number of allylic oxidation sites excluding steroid dienone is 1. The van der Waals surface area contributed by atoms with E-state index in [9.17, 15) is 14.7 Å². The summed E-state index contributed by atoms with van der Waals surface area (Å²) in [5.41, 5.74) is -0.136. The van der Waals surface area contributed by atoms with Gasteiger partial charge in [-0.3, -0.25) is 14.3 Å². The third-order valence-electron chi connectivity index (χ3n) is 4.33. The maximum absolute atomic E-state index is 12.0. The molecule has 3 unspecified atom stereocenters. The molecule has 3 atom stereocenters. The Morgan fingerprint density at radius 2 is 2.04 bits per heavy atom. The van der Waals surface area contributed by atoms with Crippen LogP contribution < -0.4 is 16.0 Å². The number of hydrogen-bond donors (Lipinski definition) is 3. The lowest BCUT2D eigenvalue weighted by molar-refractivity contribution is -0.0461. The van der Waals surface area contributed by atoms with Crippen LogP contribution in [0.3, 0.4) is 0 Å². The van der Waals surface area contributed by atoms with Crippen LogP contribution in [0.2, 0.25) is 0 Å². The van der Waals surface area contributed by atoms with Crippen LogP contribution in [-0.2, 0) is 11.2 Å². The van der Waals surface area contributed by atoms with Crippen molar-refractivity contribution in [2.45, 2.75) is 31.3 Å². The van der Waals surface area contributed by atoms with Crippen molar-refractivity contribution < 1.29 is 19.7 Å². The first kappa shape index (κ1) is 19.1. The van der Waals surface area contributed by atoms with Crippen molar-refractivity contribution in [3.05, 3.63) is 75.1 Å². The van der Waals surface area contributed by atoms with Gasteiger partial charge < -0.3 is 19.7 Å². The van der Waals surface area contributed by atoms with Crippen LogP contribution in [0, 0.1) is 0 Å². The molecule has 8 heteroatoms. The Bertz CT molecular complexity index is 889. The number of H-pyrrole nitrogens is 1. The van der Waals surface area contributed by atoms with Gasteiger partial charge in [0.15, 0.2) is 0 Å². The van der Waals surface area contributed by atoms with E-state index < -0.39 is 29.7 Å². The third kappa shape index (κ3) is 4.73. The van der Waals surface area contributed by atoms with Gasteiger partial charge in [-0.2, -0.15) is 0 Å². The number of aromatic amines is 1. The molecule has 0 amide bonds. The van der Waals surface area contributed by atoms with E-state index in [1.54, 1.807) is 6.08 Å². The summed E-state index contributed by atoms with van der Waals surface area (Å²) < 4.78 is 12.1. The van der Waals surface area contributed by atoms with Crippen molar-refractivity contribution in [3.8, 4) is 5.75 Å². The number of aliphatic hydroxyl groups is 2. The van der Waals surface area contributed by atoms with Gasteiger partial charge in [0.2, 0.25) is 5.75 Å². The first-order valence-corrected chi connectivity index (χ1v) is 8.70. The Kier molecular flexibility index (Phi) is 6.23. The molecule has 3 rings (SSSR count). The van der Waals surface area contributed by atoms with Crippen LogP contribution in [0.25, 0.3) is 0 Å². The number of rotatable bonds is 7. The number of aromatic nitrogens is 2. The number of benzene rings is 1. The van der Waals surface area contributed by atoms with E-state index >= 15 is 0 Å². The second kappa shape index (κ2) is 8.81. The molecule has 8 nitrogen and oxygen atoms in total. The number of aliphatic hydroxyl groups excluding tert-OH is 2. The third-order valence-corrected chi connectivity index (χ3v) is 4.33. The summed E-state index contributed by atoms with van der Waals surface area (Å²) >= 11 is 0. The zero-order valence-electron chi connectivity index (χ0n) is 14.7. The van der Waals surface area contributed by atoms with E-state index in [0.29, 0.717) is 0 Å². The highest BCUT2D eigenvalue weighted by molar-refractivity contribution is 5.18. The molecule has 1 aliphatic rings. The van der Waals surface area contributed by atoms with Crippen molar-refractivity contribution in [1.29, 1.82) is 0 Å². The average Bonchev–Trinajstić information content (AvgIpc) is 3.04. The number of ether oxygens (including phenoxy) is 2. The predicted molar refractivity (Wildman–Crippen MR) is 97.7 cm³/mol. The SMILES string of the molecule is O=c1[nH]c(=O)n(C2CC(O)C(CO)O2)cc1OCC=CCc1ccccc1. The highest BCUT2D eigenvalue weighted by atomic mass is 16.5. The molecule has 0 saturated carbocycles. The molecule has 0 aliphatic carbocycles. The molecule has 1 fully saturated rings. The number of nitrogens with one attached hydrogen (secondary N) is 1. The summed E-state index contributed by atoms with van der Waals surface area (Å²) in [4.78, 5) is 26.1. The highest BCUT2D eigenvalue weighted by Gasteiger charge is 2.35. The van der Waals surface area contributed by atoms with Gasteiger partial charge in [0.25, 0.3) is 5.56 Å². The second-order valence-corrected chi connectivity index (χ2v) is 6.25. The van der Waals surface area contributed by atoms with E-state index in [1.807, 2.05) is 36.4 Å². The fourth-order valence-corrected chi connectivity index (χ4v) is 2.87. The second-order valence-electron chi connectivity index (χ2n) is 6.25. The predicted octanol–water partition coefficient (Wildman–Crippen LogP) is 0.355. The van der Waals surface area contributed by atoms with E-state index in [1.165, 1.54) is 6.20 Å². The van der Waals surface area contributed by atoms with Crippen molar-refractivity contribution in [2.75, 3.05) is 13.2 Å². The Balaban J connectivity index is 1.64. The molecule has 144 valence electrons. The Morgan fingerprint density at radius 3 is 2.74 bits per heavy atom. The van der Waals surface area contributed by atoms with Gasteiger partial charge in [-0.1, -0.05) is 42.5 Å². The zero-order chi connectivity index (χ0) is 19.2. The summed E-state index contributed by atoms with van der Waals surface area (Å²) in [6.07, 6.45) is 3.44. The van der Waals surface area contributed by atoms with Crippen LogP contribution >= 0.6 is 0 Å². The molecule has 27 heavy (non-hydrogen) atoms. The molecule has 1 aromatic carbocycles. The molecule has 3 N–H and O–H groups in total. The lowest BCUT2D eigenvalue weighted by Crippen LogP contribution is -2.33. The molecular formula is C19H22N2O6. The molecule has 2 heterocycles. The quantitative estimate of drug-likeness (QED) is 0.603. The summed E-state index contributed by atoms with van der Waals surface area (Å²) in [6, 6.07) is 9.91. The fourth-order valence-electron chi connectivity index (χ4n) is 2.87. The summed E-state index contributed by atoms with van der Waals surface area (Å²) in [6.45, 7) is -0.188. The molecule has 0 spiro atoms. The van der Waals surface area contributed by atoms with E-state index in [4.69, 9.17) is 14.6 Å². The van der Waals surface area contributed by atoms with E-state index in [0.717, 1.165) is 16.6 Å². The Labute approximate surface area is 155 Å².